The lowest BCUT2D eigenvalue weighted by molar-refractivity contribution is -0.115. The average molecular weight is 448 g/mol. The van der Waals surface area contributed by atoms with Gasteiger partial charge in [0.25, 0.3) is 5.91 Å². The minimum Gasteiger partial charge on any atom is -0.496 e. The molecule has 140 valence electrons. The molecule has 3 N–H and O–H groups in total. The molecule has 0 fully saturated rings. The van der Waals surface area contributed by atoms with Crippen molar-refractivity contribution in [2.24, 2.45) is 0 Å². The van der Waals surface area contributed by atoms with E-state index in [0.29, 0.717) is 15.8 Å². The van der Waals surface area contributed by atoms with Gasteiger partial charge in [0.2, 0.25) is 5.91 Å². The lowest BCUT2D eigenvalue weighted by Gasteiger charge is -2.10. The number of amides is 2. The Hall–Kier alpha value is -2.71. The van der Waals surface area contributed by atoms with Crippen molar-refractivity contribution in [1.82, 2.24) is 16.2 Å². The second-order valence-corrected chi connectivity index (χ2v) is 6.75. The largest absolute Gasteiger partial charge is 0.496 e. The zero-order valence-electron chi connectivity index (χ0n) is 14.7. The van der Waals surface area contributed by atoms with Crippen LogP contribution in [0.3, 0.4) is 0 Å². The van der Waals surface area contributed by atoms with Crippen LogP contribution in [0, 0.1) is 6.92 Å². The van der Waals surface area contributed by atoms with Gasteiger partial charge in [-0.2, -0.15) is 0 Å². The number of aryl methyl sites for hydroxylation is 1. The normalized spacial score (nSPS) is 10.3. The Morgan fingerprint density at radius 1 is 1.11 bits per heavy atom. The van der Waals surface area contributed by atoms with E-state index in [1.54, 1.807) is 24.3 Å². The van der Waals surface area contributed by atoms with Gasteiger partial charge in [-0.1, -0.05) is 29.8 Å². The number of carbonyl (C=O) groups excluding carboxylic acids is 2. The van der Waals surface area contributed by atoms with Crippen LogP contribution in [0.15, 0.2) is 53.0 Å². The number of hydrazine groups is 1. The summed E-state index contributed by atoms with van der Waals surface area (Å²) in [5.74, 6) is -0.206. The van der Waals surface area contributed by atoms with E-state index >= 15 is 0 Å². The fourth-order valence-electron chi connectivity index (χ4n) is 2.03. The molecule has 27 heavy (non-hydrogen) atoms. The van der Waals surface area contributed by atoms with Crippen LogP contribution in [0.25, 0.3) is 6.08 Å². The number of nitrogens with one attached hydrogen (secondary N) is 3. The van der Waals surface area contributed by atoms with Crippen LogP contribution in [0.4, 0.5) is 0 Å². The van der Waals surface area contributed by atoms with Crippen molar-refractivity contribution in [1.29, 1.82) is 0 Å². The number of benzene rings is 2. The van der Waals surface area contributed by atoms with Gasteiger partial charge in [-0.15, -0.1) is 0 Å². The van der Waals surface area contributed by atoms with Gasteiger partial charge in [0, 0.05) is 11.6 Å². The van der Waals surface area contributed by atoms with Gasteiger partial charge in [-0.05, 0) is 64.9 Å². The third-order valence-corrected chi connectivity index (χ3v) is 4.27. The number of ether oxygens (including phenoxy) is 1. The third kappa shape index (κ3) is 6.50. The highest BCUT2D eigenvalue weighted by Gasteiger charge is 2.09. The van der Waals surface area contributed by atoms with E-state index in [9.17, 15) is 9.59 Å². The molecule has 0 unspecified atom stereocenters. The third-order valence-electron chi connectivity index (χ3n) is 3.44. The lowest BCUT2D eigenvalue weighted by Crippen LogP contribution is -2.48. The number of methoxy groups -OCH3 is 1. The highest BCUT2D eigenvalue weighted by molar-refractivity contribution is 9.10. The van der Waals surface area contributed by atoms with Crippen molar-refractivity contribution in [3.8, 4) is 5.75 Å². The first-order chi connectivity index (χ1) is 12.9. The Bertz CT molecular complexity index is 882. The van der Waals surface area contributed by atoms with Gasteiger partial charge in [-0.3, -0.25) is 25.8 Å². The van der Waals surface area contributed by atoms with Crippen LogP contribution in [0.1, 0.15) is 21.5 Å². The molecule has 0 radical (unpaired) electrons. The molecule has 0 atom stereocenters. The summed E-state index contributed by atoms with van der Waals surface area (Å²) in [5, 5.41) is 2.43. The zero-order valence-corrected chi connectivity index (χ0v) is 17.1. The number of carbonyl (C=O) groups is 2. The first-order valence-electron chi connectivity index (χ1n) is 7.88. The van der Waals surface area contributed by atoms with Crippen LogP contribution in [-0.4, -0.2) is 24.0 Å². The summed E-state index contributed by atoms with van der Waals surface area (Å²) in [7, 11) is 1.54. The maximum atomic E-state index is 12.1. The van der Waals surface area contributed by atoms with Crippen LogP contribution in [0.2, 0.25) is 0 Å². The van der Waals surface area contributed by atoms with Gasteiger partial charge in [0.1, 0.15) is 5.75 Å². The Morgan fingerprint density at radius 3 is 2.44 bits per heavy atom. The molecule has 0 saturated carbocycles. The highest BCUT2D eigenvalue weighted by atomic mass is 79.9. The minimum absolute atomic E-state index is 0.0190. The second-order valence-electron chi connectivity index (χ2n) is 5.49. The van der Waals surface area contributed by atoms with Gasteiger partial charge < -0.3 is 4.74 Å². The van der Waals surface area contributed by atoms with Crippen LogP contribution in [-0.2, 0) is 4.79 Å². The number of hydrogen-bond donors (Lipinski definition) is 3. The lowest BCUT2D eigenvalue weighted by atomic mass is 10.1. The molecule has 0 aliphatic heterocycles. The predicted molar refractivity (Wildman–Crippen MR) is 112 cm³/mol. The zero-order chi connectivity index (χ0) is 19.8. The molecule has 0 spiro atoms. The number of halogens is 1. The topological polar surface area (TPSA) is 79.5 Å². The van der Waals surface area contributed by atoms with Crippen molar-refractivity contribution in [2.45, 2.75) is 6.92 Å². The fourth-order valence-corrected chi connectivity index (χ4v) is 2.72. The summed E-state index contributed by atoms with van der Waals surface area (Å²) in [6, 6.07) is 12.6. The van der Waals surface area contributed by atoms with E-state index in [0.717, 1.165) is 11.1 Å². The Kier molecular flexibility index (Phi) is 7.51. The Balaban J connectivity index is 1.82. The molecular weight excluding hydrogens is 430 g/mol. The van der Waals surface area contributed by atoms with Crippen molar-refractivity contribution in [3.05, 3.63) is 69.7 Å². The SMILES string of the molecule is COc1ccc(C(=O)NNC(=S)NC(=O)C=Cc2ccc(C)cc2)cc1Br. The molecule has 2 aromatic rings. The summed E-state index contributed by atoms with van der Waals surface area (Å²) in [6.45, 7) is 1.99. The fraction of sp³-hybridized carbons (Fsp3) is 0.105. The molecule has 2 amide bonds. The summed E-state index contributed by atoms with van der Waals surface area (Å²) < 4.78 is 5.76. The van der Waals surface area contributed by atoms with Crippen LogP contribution >= 0.6 is 28.1 Å². The quantitative estimate of drug-likeness (QED) is 0.381. The minimum atomic E-state index is -0.412. The molecule has 0 saturated heterocycles. The smallest absolute Gasteiger partial charge is 0.269 e. The van der Waals surface area contributed by atoms with Crippen LogP contribution in [0.5, 0.6) is 5.75 Å². The van der Waals surface area contributed by atoms with Gasteiger partial charge in [-0.25, -0.2) is 0 Å². The van der Waals surface area contributed by atoms with E-state index in [1.807, 2.05) is 31.2 Å². The van der Waals surface area contributed by atoms with Gasteiger partial charge in [0.15, 0.2) is 5.11 Å². The summed E-state index contributed by atoms with van der Waals surface area (Å²) in [4.78, 5) is 24.0. The predicted octanol–water partition coefficient (Wildman–Crippen LogP) is 3.12. The van der Waals surface area contributed by atoms with Gasteiger partial charge >= 0.3 is 0 Å². The molecule has 0 bridgehead atoms. The highest BCUT2D eigenvalue weighted by Crippen LogP contribution is 2.25. The molecule has 0 aliphatic carbocycles. The monoisotopic (exact) mass is 447 g/mol. The van der Waals surface area contributed by atoms with E-state index < -0.39 is 11.8 Å². The number of hydrogen-bond acceptors (Lipinski definition) is 4. The summed E-state index contributed by atoms with van der Waals surface area (Å²) in [6.07, 6.45) is 3.03. The maximum Gasteiger partial charge on any atom is 0.269 e. The molecule has 6 nitrogen and oxygen atoms in total. The Morgan fingerprint density at radius 2 is 1.81 bits per heavy atom. The molecular formula is C19H18BrN3O3S. The molecule has 0 heterocycles. The number of thiocarbonyl (C=S) groups is 1. The van der Waals surface area contributed by atoms with E-state index in [-0.39, 0.29) is 5.11 Å². The van der Waals surface area contributed by atoms with Gasteiger partial charge in [0.05, 0.1) is 11.6 Å². The van der Waals surface area contributed by atoms with E-state index in [4.69, 9.17) is 17.0 Å². The van der Waals surface area contributed by atoms with E-state index in [1.165, 1.54) is 13.2 Å². The Labute approximate surface area is 171 Å². The molecule has 2 rings (SSSR count). The summed E-state index contributed by atoms with van der Waals surface area (Å²) in [5.41, 5.74) is 7.33. The standard InChI is InChI=1S/C19H18BrN3O3S/c1-12-3-5-13(6-4-12)7-10-17(24)21-19(27)23-22-18(25)14-8-9-16(26-2)15(20)11-14/h3-11H,1-2H3,(H,22,25)(H2,21,23,24,27). The second kappa shape index (κ2) is 9.84. The van der Waals surface area contributed by atoms with Crippen molar-refractivity contribution in [3.63, 3.8) is 0 Å². The summed E-state index contributed by atoms with van der Waals surface area (Å²) >= 11 is 8.30. The average Bonchev–Trinajstić information content (AvgIpc) is 2.65. The first kappa shape index (κ1) is 20.6. The molecule has 0 aliphatic rings. The van der Waals surface area contributed by atoms with Crippen LogP contribution < -0.4 is 20.9 Å². The van der Waals surface area contributed by atoms with Crippen molar-refractivity contribution < 1.29 is 14.3 Å². The molecule has 0 aromatic heterocycles. The molecule has 2 aromatic carbocycles. The molecule has 8 heteroatoms. The van der Waals surface area contributed by atoms with E-state index in [2.05, 4.69) is 32.1 Å². The van der Waals surface area contributed by atoms with Crippen molar-refractivity contribution in [2.75, 3.05) is 7.11 Å². The van der Waals surface area contributed by atoms with Crippen molar-refractivity contribution >= 4 is 51.2 Å². The first-order valence-corrected chi connectivity index (χ1v) is 9.09. The number of rotatable bonds is 4. The maximum absolute atomic E-state index is 12.1.